The molecule has 1 N–H and O–H groups in total. The van der Waals surface area contributed by atoms with E-state index in [0.29, 0.717) is 11.5 Å². The van der Waals surface area contributed by atoms with Crippen molar-refractivity contribution >= 4 is 23.2 Å². The molecule has 0 unspecified atom stereocenters. The lowest BCUT2D eigenvalue weighted by molar-refractivity contribution is -0.125. The van der Waals surface area contributed by atoms with Gasteiger partial charge in [0.15, 0.2) is 0 Å². The summed E-state index contributed by atoms with van der Waals surface area (Å²) in [5, 5.41) is 5.49. The molecule has 0 bridgehead atoms. The van der Waals surface area contributed by atoms with E-state index >= 15 is 0 Å². The fourth-order valence-corrected chi connectivity index (χ4v) is 6.84. The van der Waals surface area contributed by atoms with Gasteiger partial charge in [0.05, 0.1) is 12.0 Å². The second kappa shape index (κ2) is 8.78. The topological polar surface area (TPSA) is 49.4 Å². The molecule has 2 aliphatic carbocycles. The zero-order valence-electron chi connectivity index (χ0n) is 18.3. The molecule has 164 valence electrons. The Labute approximate surface area is 189 Å². The van der Waals surface area contributed by atoms with Crippen LogP contribution < -0.4 is 5.32 Å². The van der Waals surface area contributed by atoms with Crippen molar-refractivity contribution in [3.8, 4) is 0 Å². The number of benzene rings is 1. The summed E-state index contributed by atoms with van der Waals surface area (Å²) < 4.78 is 0. The van der Waals surface area contributed by atoms with Crippen molar-refractivity contribution in [2.75, 3.05) is 0 Å². The number of hydrogen-bond donors (Lipinski definition) is 1. The van der Waals surface area contributed by atoms with Gasteiger partial charge in [-0.25, -0.2) is 0 Å². The summed E-state index contributed by atoms with van der Waals surface area (Å²) in [6.07, 6.45) is 9.03. The third-order valence-corrected chi connectivity index (χ3v) is 8.59. The van der Waals surface area contributed by atoms with Crippen LogP contribution in [0.1, 0.15) is 91.0 Å². The molecule has 3 aliphatic rings. The Balaban J connectivity index is 1.57. The largest absolute Gasteiger partial charge is 0.352 e. The number of thiophene rings is 1. The lowest BCUT2D eigenvalue weighted by Crippen LogP contribution is -2.52. The maximum atomic E-state index is 13.9. The van der Waals surface area contributed by atoms with Crippen molar-refractivity contribution in [2.45, 2.75) is 82.3 Å². The lowest BCUT2D eigenvalue weighted by Gasteiger charge is -2.45. The molecular weight excluding hydrogens is 404 g/mol. The third-order valence-electron chi connectivity index (χ3n) is 7.65. The molecular formula is C26H32N2O2S. The highest BCUT2D eigenvalue weighted by molar-refractivity contribution is 7.10. The molecule has 4 nitrogen and oxygen atoms in total. The van der Waals surface area contributed by atoms with E-state index in [9.17, 15) is 9.59 Å². The molecule has 0 spiro atoms. The van der Waals surface area contributed by atoms with Crippen LogP contribution in [0.3, 0.4) is 0 Å². The van der Waals surface area contributed by atoms with E-state index in [1.807, 2.05) is 30.3 Å². The first-order chi connectivity index (χ1) is 15.1. The van der Waals surface area contributed by atoms with Crippen LogP contribution in [0.2, 0.25) is 0 Å². The van der Waals surface area contributed by atoms with E-state index < -0.39 is 0 Å². The third kappa shape index (κ3) is 3.82. The first-order valence-electron chi connectivity index (χ1n) is 11.9. The van der Waals surface area contributed by atoms with Crippen LogP contribution in [0.5, 0.6) is 0 Å². The Bertz CT molecular complexity index is 935. The molecule has 4 atom stereocenters. The Morgan fingerprint density at radius 1 is 1.00 bits per heavy atom. The van der Waals surface area contributed by atoms with E-state index in [-0.39, 0.29) is 35.9 Å². The number of hydrogen-bond acceptors (Lipinski definition) is 3. The average molecular weight is 437 g/mol. The van der Waals surface area contributed by atoms with Crippen LogP contribution in [0.15, 0.2) is 41.8 Å². The highest BCUT2D eigenvalue weighted by Gasteiger charge is 2.47. The van der Waals surface area contributed by atoms with Gasteiger partial charge < -0.3 is 10.2 Å². The highest BCUT2D eigenvalue weighted by Crippen LogP contribution is 2.47. The molecule has 5 heteroatoms. The van der Waals surface area contributed by atoms with Gasteiger partial charge in [0.2, 0.25) is 5.91 Å². The molecule has 0 radical (unpaired) electrons. The standard InChI is InChI=1S/C26H32N2O2S/c1-17-9-2-7-14-21(17)27-25(29)23-19-12-5-6-13-20(19)26(30)28(18-10-3-4-11-18)24(23)22-15-8-16-31-22/h5-6,8,12-13,15-18,21,23-24H,2-4,7,9-11,14H2,1H3,(H,27,29)/t17-,21+,23-,24+/m1/s1. The molecule has 2 amide bonds. The summed E-state index contributed by atoms with van der Waals surface area (Å²) in [6, 6.07) is 12.2. The summed E-state index contributed by atoms with van der Waals surface area (Å²) in [7, 11) is 0. The number of carbonyl (C=O) groups excluding carboxylic acids is 2. The maximum absolute atomic E-state index is 13.9. The zero-order chi connectivity index (χ0) is 21.4. The fourth-order valence-electron chi connectivity index (χ4n) is 5.98. The minimum Gasteiger partial charge on any atom is -0.352 e. The summed E-state index contributed by atoms with van der Waals surface area (Å²) in [4.78, 5) is 30.8. The summed E-state index contributed by atoms with van der Waals surface area (Å²) in [5.41, 5.74) is 1.60. The minimum absolute atomic E-state index is 0.0834. The second-order valence-corrected chi connectivity index (χ2v) is 10.5. The lowest BCUT2D eigenvalue weighted by atomic mass is 9.79. The number of fused-ring (bicyclic) bond motifs is 1. The van der Waals surface area contributed by atoms with Crippen LogP contribution >= 0.6 is 11.3 Å². The number of amides is 2. The van der Waals surface area contributed by atoms with E-state index in [2.05, 4.69) is 28.6 Å². The van der Waals surface area contributed by atoms with Crippen molar-refractivity contribution < 1.29 is 9.59 Å². The first kappa shape index (κ1) is 20.7. The van der Waals surface area contributed by atoms with E-state index in [1.54, 1.807) is 11.3 Å². The van der Waals surface area contributed by atoms with Crippen LogP contribution in [0, 0.1) is 5.92 Å². The van der Waals surface area contributed by atoms with Crippen LogP contribution in [-0.4, -0.2) is 28.8 Å². The molecule has 2 saturated carbocycles. The smallest absolute Gasteiger partial charge is 0.254 e. The van der Waals surface area contributed by atoms with Gasteiger partial charge >= 0.3 is 0 Å². The monoisotopic (exact) mass is 436 g/mol. The molecule has 1 aliphatic heterocycles. The SMILES string of the molecule is C[C@@H]1CCCC[C@@H]1NC(=O)[C@@H]1c2ccccc2C(=O)N(C2CCCC2)[C@H]1c1cccs1. The van der Waals surface area contributed by atoms with Crippen LogP contribution in [0.4, 0.5) is 0 Å². The Morgan fingerprint density at radius 3 is 2.48 bits per heavy atom. The quantitative estimate of drug-likeness (QED) is 0.672. The van der Waals surface area contributed by atoms with E-state index in [0.717, 1.165) is 42.5 Å². The van der Waals surface area contributed by atoms with Crippen molar-refractivity contribution in [2.24, 2.45) is 5.92 Å². The number of nitrogens with zero attached hydrogens (tertiary/aromatic N) is 1. The van der Waals surface area contributed by atoms with Gasteiger partial charge in [-0.1, -0.05) is 56.9 Å². The first-order valence-corrected chi connectivity index (χ1v) is 12.8. The van der Waals surface area contributed by atoms with Gasteiger partial charge in [0, 0.05) is 22.5 Å². The van der Waals surface area contributed by atoms with Crippen molar-refractivity contribution in [3.63, 3.8) is 0 Å². The predicted octanol–water partition coefficient (Wildman–Crippen LogP) is 5.67. The van der Waals surface area contributed by atoms with Crippen molar-refractivity contribution in [3.05, 3.63) is 57.8 Å². The van der Waals surface area contributed by atoms with E-state index in [1.165, 1.54) is 19.3 Å². The highest BCUT2D eigenvalue weighted by atomic mass is 32.1. The van der Waals surface area contributed by atoms with Gasteiger partial charge in [-0.2, -0.15) is 0 Å². The molecule has 2 aromatic rings. The number of rotatable bonds is 4. The molecule has 1 aromatic heterocycles. The van der Waals surface area contributed by atoms with Crippen LogP contribution in [0.25, 0.3) is 0 Å². The predicted molar refractivity (Wildman–Crippen MR) is 124 cm³/mol. The van der Waals surface area contributed by atoms with Crippen molar-refractivity contribution in [1.82, 2.24) is 10.2 Å². The van der Waals surface area contributed by atoms with Gasteiger partial charge in [0.25, 0.3) is 5.91 Å². The molecule has 2 fully saturated rings. The number of nitrogens with one attached hydrogen (secondary N) is 1. The van der Waals surface area contributed by atoms with E-state index in [4.69, 9.17) is 0 Å². The van der Waals surface area contributed by atoms with Crippen molar-refractivity contribution in [1.29, 1.82) is 0 Å². The summed E-state index contributed by atoms with van der Waals surface area (Å²) >= 11 is 1.66. The molecule has 31 heavy (non-hydrogen) atoms. The zero-order valence-corrected chi connectivity index (χ0v) is 19.1. The summed E-state index contributed by atoms with van der Waals surface area (Å²) in [6.45, 7) is 2.25. The Kier molecular flexibility index (Phi) is 5.87. The minimum atomic E-state index is -0.359. The molecule has 1 aromatic carbocycles. The van der Waals surface area contributed by atoms with Crippen LogP contribution in [-0.2, 0) is 4.79 Å². The Morgan fingerprint density at radius 2 is 1.74 bits per heavy atom. The average Bonchev–Trinajstić information content (AvgIpc) is 3.49. The van der Waals surface area contributed by atoms with Gasteiger partial charge in [0.1, 0.15) is 0 Å². The molecule has 0 saturated heterocycles. The van der Waals surface area contributed by atoms with Gasteiger partial charge in [-0.15, -0.1) is 11.3 Å². The Hall–Kier alpha value is -2.14. The maximum Gasteiger partial charge on any atom is 0.254 e. The fraction of sp³-hybridized carbons (Fsp3) is 0.538. The normalized spacial score (nSPS) is 29.1. The van der Waals surface area contributed by atoms with Gasteiger partial charge in [-0.3, -0.25) is 9.59 Å². The second-order valence-electron chi connectivity index (χ2n) is 9.55. The summed E-state index contributed by atoms with van der Waals surface area (Å²) in [5.74, 6) is 0.322. The molecule has 2 heterocycles. The van der Waals surface area contributed by atoms with Gasteiger partial charge in [-0.05, 0) is 54.7 Å². The molecule has 5 rings (SSSR count). The number of carbonyl (C=O) groups is 2.